The van der Waals surface area contributed by atoms with Crippen molar-refractivity contribution < 1.29 is 9.53 Å². The number of rotatable bonds is 3. The van der Waals surface area contributed by atoms with Crippen LogP contribution in [0.2, 0.25) is 0 Å². The maximum Gasteiger partial charge on any atom is 0.252 e. The highest BCUT2D eigenvalue weighted by Gasteiger charge is 2.46. The number of nitrogens with one attached hydrogen (secondary N) is 1. The predicted octanol–water partition coefficient (Wildman–Crippen LogP) is 2.58. The predicted molar refractivity (Wildman–Crippen MR) is 69.1 cm³/mol. The summed E-state index contributed by atoms with van der Waals surface area (Å²) >= 11 is 0. The van der Waals surface area contributed by atoms with Gasteiger partial charge in [0, 0.05) is 6.04 Å². The lowest BCUT2D eigenvalue weighted by Gasteiger charge is -2.22. The quantitative estimate of drug-likeness (QED) is 0.832. The largest absolute Gasteiger partial charge is 0.354 e. The summed E-state index contributed by atoms with van der Waals surface area (Å²) in [4.78, 5) is 12.0. The van der Waals surface area contributed by atoms with Crippen LogP contribution >= 0.6 is 0 Å². The smallest absolute Gasteiger partial charge is 0.252 e. The molecule has 1 aromatic carbocycles. The van der Waals surface area contributed by atoms with Gasteiger partial charge in [0.2, 0.25) is 0 Å². The molecule has 0 unspecified atom stereocenters. The lowest BCUT2D eigenvalue weighted by atomic mass is 9.95. The topological polar surface area (TPSA) is 41.6 Å². The number of hydrogen-bond acceptors (Lipinski definition) is 2. The summed E-state index contributed by atoms with van der Waals surface area (Å²) in [6.45, 7) is 0. The number of carbonyl (C=O) groups excluding carboxylic acids is 1. The van der Waals surface area contributed by atoms with Crippen molar-refractivity contribution in [2.45, 2.75) is 50.4 Å². The van der Waals surface area contributed by atoms with Crippen molar-refractivity contribution in [1.82, 2.24) is 5.32 Å². The number of amides is 1. The Bertz CT molecular complexity index is 412. The normalized spacial score (nSPS) is 27.8. The maximum absolute atomic E-state index is 12.0. The van der Waals surface area contributed by atoms with Gasteiger partial charge in [-0.2, -0.15) is 0 Å². The fraction of sp³-hybridized carbons (Fsp3) is 0.533. The molecule has 1 saturated heterocycles. The van der Waals surface area contributed by atoms with Gasteiger partial charge in [-0.25, -0.2) is 0 Å². The van der Waals surface area contributed by atoms with Gasteiger partial charge in [0.25, 0.3) is 5.91 Å². The summed E-state index contributed by atoms with van der Waals surface area (Å²) in [7, 11) is 0. The Hall–Kier alpha value is -1.35. The van der Waals surface area contributed by atoms with Gasteiger partial charge in [-0.15, -0.1) is 0 Å². The van der Waals surface area contributed by atoms with E-state index in [0.29, 0.717) is 6.04 Å². The Morgan fingerprint density at radius 3 is 2.56 bits per heavy atom. The second kappa shape index (κ2) is 5.11. The summed E-state index contributed by atoms with van der Waals surface area (Å²) in [5.41, 5.74) is 1.10. The first-order valence-electron chi connectivity index (χ1n) is 6.85. The van der Waals surface area contributed by atoms with Gasteiger partial charge in [0.05, 0.1) is 0 Å². The first kappa shape index (κ1) is 11.7. The van der Waals surface area contributed by atoms with E-state index in [4.69, 9.17) is 4.74 Å². The van der Waals surface area contributed by atoms with Crippen LogP contribution in [0.4, 0.5) is 0 Å². The number of benzene rings is 1. The number of carbonyl (C=O) groups is 1. The second-order valence-electron chi connectivity index (χ2n) is 5.23. The van der Waals surface area contributed by atoms with Gasteiger partial charge in [0.15, 0.2) is 6.10 Å². The molecule has 2 atom stereocenters. The first-order valence-corrected chi connectivity index (χ1v) is 6.85. The van der Waals surface area contributed by atoms with E-state index in [2.05, 4.69) is 5.32 Å². The molecule has 3 heteroatoms. The molecule has 0 bridgehead atoms. The van der Waals surface area contributed by atoms with Gasteiger partial charge in [-0.1, -0.05) is 49.6 Å². The molecular weight excluding hydrogens is 226 g/mol. The third-order valence-electron chi connectivity index (χ3n) is 3.83. The first-order chi connectivity index (χ1) is 8.84. The van der Waals surface area contributed by atoms with Crippen molar-refractivity contribution in [3.05, 3.63) is 35.9 Å². The minimum atomic E-state index is -0.269. The van der Waals surface area contributed by atoms with Crippen molar-refractivity contribution in [2.24, 2.45) is 0 Å². The molecule has 1 amide bonds. The summed E-state index contributed by atoms with van der Waals surface area (Å²) in [6, 6.07) is 10.3. The van der Waals surface area contributed by atoms with Gasteiger partial charge >= 0.3 is 0 Å². The van der Waals surface area contributed by atoms with Crippen LogP contribution in [0.15, 0.2) is 30.3 Å². The van der Waals surface area contributed by atoms with Gasteiger partial charge < -0.3 is 10.1 Å². The lowest BCUT2D eigenvalue weighted by Crippen LogP contribution is -2.38. The molecule has 1 N–H and O–H groups in total. The van der Waals surface area contributed by atoms with E-state index in [0.717, 1.165) is 18.4 Å². The summed E-state index contributed by atoms with van der Waals surface area (Å²) in [5, 5.41) is 3.12. The van der Waals surface area contributed by atoms with Crippen LogP contribution < -0.4 is 5.32 Å². The Labute approximate surface area is 108 Å². The van der Waals surface area contributed by atoms with Gasteiger partial charge in [-0.05, 0) is 18.4 Å². The Morgan fingerprint density at radius 1 is 1.11 bits per heavy atom. The minimum absolute atomic E-state index is 0.0326. The number of hydrogen-bond donors (Lipinski definition) is 1. The Morgan fingerprint density at radius 2 is 1.83 bits per heavy atom. The SMILES string of the molecule is O=C(NC1CCCCC1)[C@@H]1O[C@@H]1c1ccccc1. The van der Waals surface area contributed by atoms with E-state index in [9.17, 15) is 4.79 Å². The third-order valence-corrected chi connectivity index (χ3v) is 3.83. The molecule has 1 aliphatic carbocycles. The summed E-state index contributed by atoms with van der Waals surface area (Å²) in [5.74, 6) is 0.0655. The zero-order valence-electron chi connectivity index (χ0n) is 10.5. The lowest BCUT2D eigenvalue weighted by molar-refractivity contribution is -0.123. The second-order valence-corrected chi connectivity index (χ2v) is 5.23. The average molecular weight is 245 g/mol. The van der Waals surface area contributed by atoms with Crippen LogP contribution in [-0.2, 0) is 9.53 Å². The highest BCUT2D eigenvalue weighted by Crippen LogP contribution is 2.38. The molecule has 1 saturated carbocycles. The molecule has 0 radical (unpaired) electrons. The molecule has 18 heavy (non-hydrogen) atoms. The van der Waals surface area contributed by atoms with Crippen LogP contribution in [0.3, 0.4) is 0 Å². The van der Waals surface area contributed by atoms with Crippen molar-refractivity contribution in [3.8, 4) is 0 Å². The zero-order chi connectivity index (χ0) is 12.4. The molecule has 2 fully saturated rings. The van der Waals surface area contributed by atoms with Crippen molar-refractivity contribution in [1.29, 1.82) is 0 Å². The van der Waals surface area contributed by atoms with E-state index >= 15 is 0 Å². The monoisotopic (exact) mass is 245 g/mol. The van der Waals surface area contributed by atoms with E-state index in [1.54, 1.807) is 0 Å². The van der Waals surface area contributed by atoms with Gasteiger partial charge in [-0.3, -0.25) is 4.79 Å². The van der Waals surface area contributed by atoms with E-state index < -0.39 is 0 Å². The molecular formula is C15H19NO2. The molecule has 1 heterocycles. The molecule has 0 aromatic heterocycles. The zero-order valence-corrected chi connectivity index (χ0v) is 10.5. The maximum atomic E-state index is 12.0. The van der Waals surface area contributed by atoms with Crippen molar-refractivity contribution >= 4 is 5.91 Å². The Kier molecular flexibility index (Phi) is 3.33. The molecule has 3 rings (SSSR count). The van der Waals surface area contributed by atoms with Crippen LogP contribution in [0.1, 0.15) is 43.8 Å². The van der Waals surface area contributed by atoms with Gasteiger partial charge in [0.1, 0.15) is 6.10 Å². The molecule has 0 spiro atoms. The number of ether oxygens (including phenoxy) is 1. The van der Waals surface area contributed by atoms with E-state index in [-0.39, 0.29) is 18.1 Å². The van der Waals surface area contributed by atoms with E-state index in [1.165, 1.54) is 19.3 Å². The minimum Gasteiger partial charge on any atom is -0.354 e. The summed E-state index contributed by atoms with van der Waals surface area (Å²) < 4.78 is 5.49. The Balaban J connectivity index is 1.53. The standard InChI is InChI=1S/C15H19NO2/c17-15(16-12-9-5-2-6-10-12)14-13(18-14)11-7-3-1-4-8-11/h1,3-4,7-8,12-14H,2,5-6,9-10H2,(H,16,17)/t13-,14-/m1/s1. The third kappa shape index (κ3) is 2.56. The molecule has 1 aliphatic heterocycles. The van der Waals surface area contributed by atoms with Crippen molar-refractivity contribution in [2.75, 3.05) is 0 Å². The highest BCUT2D eigenvalue weighted by atomic mass is 16.6. The highest BCUT2D eigenvalue weighted by molar-refractivity contribution is 5.84. The molecule has 3 nitrogen and oxygen atoms in total. The molecule has 2 aliphatic rings. The fourth-order valence-corrected chi connectivity index (χ4v) is 2.74. The fourth-order valence-electron chi connectivity index (χ4n) is 2.74. The van der Waals surface area contributed by atoms with Crippen LogP contribution in [0.25, 0.3) is 0 Å². The molecule has 96 valence electrons. The van der Waals surface area contributed by atoms with Crippen LogP contribution in [0.5, 0.6) is 0 Å². The van der Waals surface area contributed by atoms with Crippen molar-refractivity contribution in [3.63, 3.8) is 0 Å². The average Bonchev–Trinajstić information content (AvgIpc) is 3.21. The van der Waals surface area contributed by atoms with E-state index in [1.807, 2.05) is 30.3 Å². The molecule has 1 aromatic rings. The summed E-state index contributed by atoms with van der Waals surface area (Å²) in [6.07, 6.45) is 5.71. The van der Waals surface area contributed by atoms with Crippen LogP contribution in [-0.4, -0.2) is 18.1 Å². The van der Waals surface area contributed by atoms with Crippen LogP contribution in [0, 0.1) is 0 Å². The number of epoxide rings is 1.